The van der Waals surface area contributed by atoms with Crippen LogP contribution < -0.4 is 10.6 Å². The molecule has 0 aromatic heterocycles. The molecule has 0 bridgehead atoms. The van der Waals surface area contributed by atoms with Crippen LogP contribution in [-0.2, 0) is 9.59 Å². The van der Waals surface area contributed by atoms with E-state index in [1.54, 1.807) is 6.92 Å². The minimum Gasteiger partial charge on any atom is -0.344 e. The van der Waals surface area contributed by atoms with Crippen LogP contribution in [0.1, 0.15) is 19.8 Å². The lowest BCUT2D eigenvalue weighted by Gasteiger charge is -2.12. The molecule has 4 heteroatoms. The number of hydrogen-bond acceptors (Lipinski definition) is 2. The SMILES string of the molecule is C#CC(C)NC(=O)[C@H]1CCC(=O)N1. The van der Waals surface area contributed by atoms with Crippen molar-refractivity contribution >= 4 is 11.8 Å². The lowest BCUT2D eigenvalue weighted by molar-refractivity contribution is -0.125. The first-order valence-corrected chi connectivity index (χ1v) is 4.19. The Morgan fingerprint density at radius 2 is 2.54 bits per heavy atom. The summed E-state index contributed by atoms with van der Waals surface area (Å²) in [6, 6.07) is -0.687. The van der Waals surface area contributed by atoms with Crippen molar-refractivity contribution in [3.8, 4) is 12.3 Å². The first-order valence-electron chi connectivity index (χ1n) is 4.19. The fourth-order valence-electron chi connectivity index (χ4n) is 1.17. The zero-order valence-electron chi connectivity index (χ0n) is 7.46. The van der Waals surface area contributed by atoms with Crippen LogP contribution in [0.5, 0.6) is 0 Å². The van der Waals surface area contributed by atoms with Crippen molar-refractivity contribution in [3.05, 3.63) is 0 Å². The number of terminal acetylenes is 1. The highest BCUT2D eigenvalue weighted by Gasteiger charge is 2.27. The molecule has 0 aliphatic carbocycles. The highest BCUT2D eigenvalue weighted by atomic mass is 16.2. The van der Waals surface area contributed by atoms with Gasteiger partial charge in [-0.25, -0.2) is 0 Å². The van der Waals surface area contributed by atoms with E-state index in [-0.39, 0.29) is 17.9 Å². The smallest absolute Gasteiger partial charge is 0.243 e. The molecule has 1 aliphatic heterocycles. The van der Waals surface area contributed by atoms with E-state index in [4.69, 9.17) is 6.42 Å². The van der Waals surface area contributed by atoms with E-state index < -0.39 is 6.04 Å². The Morgan fingerprint density at radius 3 is 3.00 bits per heavy atom. The van der Waals surface area contributed by atoms with Crippen molar-refractivity contribution in [1.29, 1.82) is 0 Å². The summed E-state index contributed by atoms with van der Waals surface area (Å²) in [6.07, 6.45) is 6.07. The maximum atomic E-state index is 11.3. The van der Waals surface area contributed by atoms with Gasteiger partial charge in [0.15, 0.2) is 0 Å². The zero-order valence-corrected chi connectivity index (χ0v) is 7.46. The molecule has 1 heterocycles. The van der Waals surface area contributed by atoms with Crippen LogP contribution in [-0.4, -0.2) is 23.9 Å². The molecule has 2 amide bonds. The highest BCUT2D eigenvalue weighted by molar-refractivity contribution is 5.91. The first kappa shape index (κ1) is 9.59. The van der Waals surface area contributed by atoms with Gasteiger partial charge in [-0.15, -0.1) is 6.42 Å². The van der Waals surface area contributed by atoms with Gasteiger partial charge in [-0.05, 0) is 13.3 Å². The monoisotopic (exact) mass is 180 g/mol. The van der Waals surface area contributed by atoms with Gasteiger partial charge in [-0.2, -0.15) is 0 Å². The Balaban J connectivity index is 2.41. The summed E-state index contributed by atoms with van der Waals surface area (Å²) in [6.45, 7) is 1.72. The van der Waals surface area contributed by atoms with E-state index in [1.807, 2.05) is 0 Å². The van der Waals surface area contributed by atoms with Crippen LogP contribution in [0, 0.1) is 12.3 Å². The molecule has 13 heavy (non-hydrogen) atoms. The molecule has 0 radical (unpaired) electrons. The Morgan fingerprint density at radius 1 is 1.85 bits per heavy atom. The summed E-state index contributed by atoms with van der Waals surface area (Å²) in [7, 11) is 0. The van der Waals surface area contributed by atoms with Crippen LogP contribution in [0.3, 0.4) is 0 Å². The van der Waals surface area contributed by atoms with E-state index in [0.29, 0.717) is 12.8 Å². The van der Waals surface area contributed by atoms with Crippen molar-refractivity contribution in [2.45, 2.75) is 31.8 Å². The number of rotatable bonds is 2. The predicted octanol–water partition coefficient (Wildman–Crippen LogP) is -0.597. The third-order valence-corrected chi connectivity index (χ3v) is 1.92. The molecular weight excluding hydrogens is 168 g/mol. The lowest BCUT2D eigenvalue weighted by atomic mass is 10.2. The van der Waals surface area contributed by atoms with Gasteiger partial charge in [0.25, 0.3) is 0 Å². The second kappa shape index (κ2) is 3.94. The molecule has 70 valence electrons. The van der Waals surface area contributed by atoms with Gasteiger partial charge in [0.05, 0.1) is 6.04 Å². The number of hydrogen-bond donors (Lipinski definition) is 2. The topological polar surface area (TPSA) is 58.2 Å². The second-order valence-corrected chi connectivity index (χ2v) is 3.06. The molecule has 1 aliphatic rings. The van der Waals surface area contributed by atoms with Crippen LogP contribution in [0.2, 0.25) is 0 Å². The average Bonchev–Trinajstić information content (AvgIpc) is 2.51. The Labute approximate surface area is 77.1 Å². The molecule has 1 fully saturated rings. The summed E-state index contributed by atoms with van der Waals surface area (Å²) in [4.78, 5) is 22.1. The van der Waals surface area contributed by atoms with Crippen LogP contribution in [0.25, 0.3) is 0 Å². The second-order valence-electron chi connectivity index (χ2n) is 3.06. The largest absolute Gasteiger partial charge is 0.344 e. The molecule has 1 rings (SSSR count). The molecule has 0 aromatic carbocycles. The van der Waals surface area contributed by atoms with Gasteiger partial charge in [0.2, 0.25) is 11.8 Å². The van der Waals surface area contributed by atoms with Gasteiger partial charge in [-0.1, -0.05) is 5.92 Å². The van der Waals surface area contributed by atoms with Gasteiger partial charge in [0, 0.05) is 6.42 Å². The Kier molecular flexibility index (Phi) is 2.91. The van der Waals surface area contributed by atoms with Crippen LogP contribution in [0.15, 0.2) is 0 Å². The fraction of sp³-hybridized carbons (Fsp3) is 0.556. The van der Waals surface area contributed by atoms with Crippen molar-refractivity contribution < 1.29 is 9.59 Å². The molecule has 0 aromatic rings. The van der Waals surface area contributed by atoms with Crippen LogP contribution in [0.4, 0.5) is 0 Å². The summed E-state index contributed by atoms with van der Waals surface area (Å²) in [5.41, 5.74) is 0. The molecule has 1 saturated heterocycles. The average molecular weight is 180 g/mol. The summed E-state index contributed by atoms with van der Waals surface area (Å²) < 4.78 is 0. The predicted molar refractivity (Wildman–Crippen MR) is 47.6 cm³/mol. The van der Waals surface area contributed by atoms with Crippen molar-refractivity contribution in [2.24, 2.45) is 0 Å². The Hall–Kier alpha value is -1.50. The van der Waals surface area contributed by atoms with Crippen molar-refractivity contribution in [1.82, 2.24) is 10.6 Å². The number of carbonyl (C=O) groups is 2. The maximum absolute atomic E-state index is 11.3. The maximum Gasteiger partial charge on any atom is 0.243 e. The summed E-state index contributed by atoms with van der Waals surface area (Å²) in [5.74, 6) is 2.11. The van der Waals surface area contributed by atoms with Crippen molar-refractivity contribution in [2.75, 3.05) is 0 Å². The molecule has 0 spiro atoms. The van der Waals surface area contributed by atoms with E-state index in [0.717, 1.165) is 0 Å². The van der Waals surface area contributed by atoms with E-state index in [2.05, 4.69) is 16.6 Å². The third-order valence-electron chi connectivity index (χ3n) is 1.92. The molecule has 2 N–H and O–H groups in total. The zero-order chi connectivity index (χ0) is 9.84. The van der Waals surface area contributed by atoms with Gasteiger partial charge in [0.1, 0.15) is 6.04 Å². The first-order chi connectivity index (χ1) is 6.13. The van der Waals surface area contributed by atoms with Gasteiger partial charge in [-0.3, -0.25) is 9.59 Å². The fourth-order valence-corrected chi connectivity index (χ4v) is 1.17. The van der Waals surface area contributed by atoms with Crippen molar-refractivity contribution in [3.63, 3.8) is 0 Å². The van der Waals surface area contributed by atoms with E-state index >= 15 is 0 Å². The molecule has 2 atom stereocenters. The standard InChI is InChI=1S/C9H12N2O2/c1-3-6(2)10-9(13)7-4-5-8(12)11-7/h1,6-7H,4-5H2,2H3,(H,10,13)(H,11,12)/t6?,7-/m1/s1. The van der Waals surface area contributed by atoms with Crippen LogP contribution >= 0.6 is 0 Å². The number of nitrogens with one attached hydrogen (secondary N) is 2. The highest BCUT2D eigenvalue weighted by Crippen LogP contribution is 2.06. The third kappa shape index (κ3) is 2.48. The normalized spacial score (nSPS) is 23.1. The van der Waals surface area contributed by atoms with E-state index in [1.165, 1.54) is 0 Å². The summed E-state index contributed by atoms with van der Waals surface area (Å²) >= 11 is 0. The van der Waals surface area contributed by atoms with Gasteiger partial charge < -0.3 is 10.6 Å². The molecular formula is C9H12N2O2. The summed E-state index contributed by atoms with van der Waals surface area (Å²) in [5, 5.41) is 5.17. The van der Waals surface area contributed by atoms with Gasteiger partial charge >= 0.3 is 0 Å². The lowest BCUT2D eigenvalue weighted by Crippen LogP contribution is -2.44. The molecule has 4 nitrogen and oxygen atoms in total. The quantitative estimate of drug-likeness (QED) is 0.558. The van der Waals surface area contributed by atoms with E-state index in [9.17, 15) is 9.59 Å². The number of amides is 2. The number of carbonyl (C=O) groups excluding carboxylic acids is 2. The molecule has 0 saturated carbocycles. The Bertz CT molecular complexity index is 267. The minimum absolute atomic E-state index is 0.0755. The molecule has 1 unspecified atom stereocenters. The minimum atomic E-state index is -0.400.